The molecule has 0 radical (unpaired) electrons. The van der Waals surface area contributed by atoms with Crippen molar-refractivity contribution >= 4 is 25.0 Å². The van der Waals surface area contributed by atoms with E-state index in [1.54, 1.807) is 0 Å². The van der Waals surface area contributed by atoms with Crippen LogP contribution in [0.5, 0.6) is 0 Å². The molecule has 0 heterocycles. The van der Waals surface area contributed by atoms with Gasteiger partial charge in [0.2, 0.25) is 0 Å². The Kier molecular flexibility index (Phi) is 19.9. The van der Waals surface area contributed by atoms with Crippen LogP contribution in [0.2, 0.25) is 0 Å². The van der Waals surface area contributed by atoms with Crippen LogP contribution >= 0.6 is 0 Å². The molecule has 0 spiro atoms. The van der Waals surface area contributed by atoms with Crippen molar-refractivity contribution in [1.29, 1.82) is 0 Å². The quantitative estimate of drug-likeness (QED) is 0.429. The van der Waals surface area contributed by atoms with Gasteiger partial charge in [0.25, 0.3) is 0 Å². The Hall–Kier alpha value is 1.32. The standard InChI is InChI=1S/CH5N.Bi.BrH.2H/c1-2;;;;/h2H2,1H3;;1H;;/q;+1;;;/p-1. The number of quaternary nitrogens is 1. The molecule has 3 heteroatoms. The molecule has 0 aliphatic heterocycles. The third-order valence-corrected chi connectivity index (χ3v) is 0. The Morgan fingerprint density at radius 3 is 1.75 bits per heavy atom. The third kappa shape index (κ3) is 10.2. The Morgan fingerprint density at radius 1 is 1.75 bits per heavy atom. The summed E-state index contributed by atoms with van der Waals surface area (Å²) in [6.07, 6.45) is 0. The molecule has 0 rings (SSSR count). The van der Waals surface area contributed by atoms with Crippen LogP contribution in [0.15, 0.2) is 0 Å². The Morgan fingerprint density at radius 2 is 1.75 bits per heavy atom. The van der Waals surface area contributed by atoms with Crippen molar-refractivity contribution in [3.05, 3.63) is 0 Å². The fourth-order valence-electron chi connectivity index (χ4n) is 0. The Bertz CT molecular complexity index is 8.00. The van der Waals surface area contributed by atoms with Gasteiger partial charge in [0.1, 0.15) is 0 Å². The van der Waals surface area contributed by atoms with Crippen molar-refractivity contribution in [1.82, 2.24) is 0 Å². The van der Waals surface area contributed by atoms with Crippen LogP contribution in [0.4, 0.5) is 0 Å². The van der Waals surface area contributed by atoms with Crippen molar-refractivity contribution in [3.63, 3.8) is 0 Å². The maximum absolute atomic E-state index is 2.17. The normalized spacial score (nSPS) is 4.50. The van der Waals surface area contributed by atoms with Gasteiger partial charge in [-0.25, -0.2) is 0 Å². The Balaban J connectivity index is 0. The number of hydrogen-bond donors (Lipinski definition) is 1. The van der Waals surface area contributed by atoms with Crippen molar-refractivity contribution in [2.45, 2.75) is 0 Å². The summed E-state index contributed by atoms with van der Waals surface area (Å²) in [7, 11) is 2.07. The van der Waals surface area contributed by atoms with Crippen molar-refractivity contribution in [3.8, 4) is 0 Å². The number of rotatable bonds is 0. The fraction of sp³-hybridized carbons (Fsp3) is 1.00. The monoisotopic (exact) mass is 321 g/mol. The molecule has 0 aliphatic carbocycles. The molecule has 0 saturated carbocycles. The SMILES string of the molecule is C[NH2+][BiH2].[Br-]. The molecule has 0 atom stereocenters. The van der Waals surface area contributed by atoms with E-state index in [2.05, 4.69) is 10.3 Å². The van der Waals surface area contributed by atoms with Crippen LogP contribution < -0.4 is 20.2 Å². The van der Waals surface area contributed by atoms with Gasteiger partial charge in [-0.3, -0.25) is 0 Å². The van der Waals surface area contributed by atoms with E-state index >= 15 is 0 Å². The zero-order valence-electron chi connectivity index (χ0n) is 2.53. The van der Waals surface area contributed by atoms with Crippen LogP contribution in [-0.2, 0) is 0 Å². The fourth-order valence-corrected chi connectivity index (χ4v) is 0. The van der Waals surface area contributed by atoms with E-state index in [0.29, 0.717) is 0 Å². The maximum atomic E-state index is 2.17. The molecule has 0 fully saturated rings. The van der Waals surface area contributed by atoms with Gasteiger partial charge in [-0.05, 0) is 0 Å². The van der Waals surface area contributed by atoms with Gasteiger partial charge < -0.3 is 17.0 Å². The molecule has 0 aromatic heterocycles. The van der Waals surface area contributed by atoms with E-state index in [0.717, 1.165) is 25.0 Å². The van der Waals surface area contributed by atoms with Gasteiger partial charge in [0.05, 0.1) is 0 Å². The summed E-state index contributed by atoms with van der Waals surface area (Å²) < 4.78 is 2.17. The summed E-state index contributed by atoms with van der Waals surface area (Å²) in [6.45, 7) is 0. The van der Waals surface area contributed by atoms with E-state index in [-0.39, 0.29) is 17.0 Å². The predicted octanol–water partition coefficient (Wildman–Crippen LogP) is -5.27. The summed E-state index contributed by atoms with van der Waals surface area (Å²) in [4.78, 5) is 0. The van der Waals surface area contributed by atoms with Gasteiger partial charge in [0.15, 0.2) is 0 Å². The van der Waals surface area contributed by atoms with Crippen LogP contribution in [-0.4, -0.2) is 32.1 Å². The molecule has 0 bridgehead atoms. The van der Waals surface area contributed by atoms with E-state index in [1.807, 2.05) is 0 Å². The average molecular weight is 322 g/mol. The second-order valence-electron chi connectivity index (χ2n) is 0.333. The molecule has 0 aromatic carbocycles. The van der Waals surface area contributed by atoms with Gasteiger partial charge in [-0.2, -0.15) is 0 Å². The largest absolute Gasteiger partial charge is 1.00 e. The molecule has 0 aromatic rings. The van der Waals surface area contributed by atoms with Gasteiger partial charge >= 0.3 is 35.3 Å². The first-order valence-electron chi connectivity index (χ1n) is 0.911. The molecule has 4 heavy (non-hydrogen) atoms. The second kappa shape index (κ2) is 8.85. The zero-order chi connectivity index (χ0) is 2.71. The summed E-state index contributed by atoms with van der Waals surface area (Å²) in [5, 5.41) is 0. The summed E-state index contributed by atoms with van der Waals surface area (Å²) in [5.41, 5.74) is 0. The van der Waals surface area contributed by atoms with Crippen LogP contribution in [0.3, 0.4) is 0 Å². The van der Waals surface area contributed by atoms with Crippen LogP contribution in [0.1, 0.15) is 0 Å². The number of hydrogen-bond acceptors (Lipinski definition) is 0. The molecule has 0 saturated heterocycles. The predicted molar refractivity (Wildman–Crippen MR) is 16.4 cm³/mol. The van der Waals surface area contributed by atoms with Gasteiger partial charge in [-0.15, -0.1) is 0 Å². The first kappa shape index (κ1) is 9.01. The van der Waals surface area contributed by atoms with Crippen LogP contribution in [0, 0.1) is 0 Å². The zero-order valence-corrected chi connectivity index (χ0v) is 8.61. The van der Waals surface area contributed by atoms with Crippen LogP contribution in [0.25, 0.3) is 0 Å². The molecular weight excluding hydrogens is 315 g/mol. The minimum absolute atomic E-state index is 0. The second-order valence-corrected chi connectivity index (χ2v) is 2.92. The van der Waals surface area contributed by atoms with E-state index in [9.17, 15) is 0 Å². The van der Waals surface area contributed by atoms with E-state index < -0.39 is 0 Å². The van der Waals surface area contributed by atoms with Gasteiger partial charge in [0, 0.05) is 0 Å². The number of halogens is 1. The third-order valence-electron chi connectivity index (χ3n) is 0. The first-order valence-corrected chi connectivity index (χ1v) is 3.50. The van der Waals surface area contributed by atoms with E-state index in [1.165, 1.54) is 0 Å². The molecular formula is CH7BiBrN. The minimum atomic E-state index is 0. The Labute approximate surface area is 52.2 Å². The van der Waals surface area contributed by atoms with Gasteiger partial charge in [-0.1, -0.05) is 0 Å². The van der Waals surface area contributed by atoms with Crippen molar-refractivity contribution in [2.24, 2.45) is 0 Å². The average Bonchev–Trinajstić information content (AvgIpc) is 0.918. The van der Waals surface area contributed by atoms with Crippen molar-refractivity contribution < 1.29 is 20.2 Å². The minimum Gasteiger partial charge on any atom is -1.00 e. The summed E-state index contributed by atoms with van der Waals surface area (Å²) >= 11 is 1.09. The molecule has 2 N–H and O–H groups in total. The topological polar surface area (TPSA) is 16.6 Å². The smallest absolute Gasteiger partial charge is 1.00 e. The number of nitrogens with two attached hydrogens (primary N) is 1. The summed E-state index contributed by atoms with van der Waals surface area (Å²) in [6, 6.07) is 0. The maximum Gasteiger partial charge on any atom is -1.00 e. The molecule has 0 amide bonds. The molecule has 28 valence electrons. The molecule has 0 aliphatic rings. The first-order chi connectivity index (χ1) is 1.41. The molecule has 1 nitrogen and oxygen atoms in total. The van der Waals surface area contributed by atoms with E-state index in [4.69, 9.17) is 0 Å². The molecule has 0 unspecified atom stereocenters. The van der Waals surface area contributed by atoms with Crippen molar-refractivity contribution in [2.75, 3.05) is 7.05 Å². The summed E-state index contributed by atoms with van der Waals surface area (Å²) in [5.74, 6) is 0.